The average molecular weight is 344 g/mol. The number of carbonyl (C=O) groups excluding carboxylic acids is 1. The van der Waals surface area contributed by atoms with E-state index in [1.807, 2.05) is 13.0 Å². The summed E-state index contributed by atoms with van der Waals surface area (Å²) < 4.78 is 40.1. The lowest BCUT2D eigenvalue weighted by molar-refractivity contribution is -0.182. The third kappa shape index (κ3) is 3.39. The van der Waals surface area contributed by atoms with Gasteiger partial charge in [0, 0.05) is 17.8 Å². The molecule has 3 heterocycles. The van der Waals surface area contributed by atoms with Crippen molar-refractivity contribution in [3.8, 4) is 0 Å². The molecular weight excluding hydrogens is 329 g/mol. The van der Waals surface area contributed by atoms with Crippen molar-refractivity contribution in [1.82, 2.24) is 20.1 Å². The minimum absolute atomic E-state index is 0.0302. The summed E-state index contributed by atoms with van der Waals surface area (Å²) in [6.45, 7) is 1.77. The maximum Gasteiger partial charge on any atom is 0.393 e. The Morgan fingerprint density at radius 2 is 2.22 bits per heavy atom. The highest BCUT2D eigenvalue weighted by atomic mass is 32.1. The van der Waals surface area contributed by atoms with E-state index >= 15 is 0 Å². The monoisotopic (exact) mass is 344 g/mol. The molecule has 0 spiro atoms. The van der Waals surface area contributed by atoms with E-state index in [2.05, 4.69) is 15.5 Å². The number of nitrogens with one attached hydrogen (secondary N) is 1. The first-order chi connectivity index (χ1) is 10.8. The zero-order valence-corrected chi connectivity index (χ0v) is 13.2. The molecule has 3 rings (SSSR count). The van der Waals surface area contributed by atoms with Gasteiger partial charge >= 0.3 is 6.18 Å². The van der Waals surface area contributed by atoms with Gasteiger partial charge in [-0.2, -0.15) is 13.2 Å². The number of aromatic nitrogens is 3. The van der Waals surface area contributed by atoms with Gasteiger partial charge in [0.15, 0.2) is 5.82 Å². The van der Waals surface area contributed by atoms with Crippen molar-refractivity contribution in [3.05, 3.63) is 33.5 Å². The van der Waals surface area contributed by atoms with Gasteiger partial charge in [-0.05, 0) is 25.5 Å². The lowest BCUT2D eigenvalue weighted by atomic mass is 9.99. The van der Waals surface area contributed by atoms with E-state index in [0.717, 1.165) is 4.88 Å². The summed E-state index contributed by atoms with van der Waals surface area (Å²) in [6.07, 6.45) is -3.95. The molecule has 1 N–H and O–H groups in total. The number of rotatable bonds is 3. The molecule has 0 bridgehead atoms. The highest BCUT2D eigenvalue weighted by molar-refractivity contribution is 7.13. The van der Waals surface area contributed by atoms with Gasteiger partial charge in [0.05, 0.1) is 17.3 Å². The van der Waals surface area contributed by atoms with Crippen LogP contribution in [0.5, 0.6) is 0 Å². The van der Waals surface area contributed by atoms with E-state index in [1.54, 1.807) is 6.07 Å². The molecule has 0 saturated carbocycles. The standard InChI is InChI=1S/C14H15F3N4OS/c1-8-2-4-10(23-8)13(22)18-6-12-20-19-11-5-3-9(7-21(11)12)14(15,16)17/h2,4,9H,3,5-7H2,1H3,(H,18,22). The van der Waals surface area contributed by atoms with Gasteiger partial charge in [0.2, 0.25) is 0 Å². The van der Waals surface area contributed by atoms with Gasteiger partial charge in [-0.1, -0.05) is 0 Å². The number of hydrogen-bond acceptors (Lipinski definition) is 4. The van der Waals surface area contributed by atoms with Crippen LogP contribution in [0.1, 0.15) is 32.6 Å². The van der Waals surface area contributed by atoms with Gasteiger partial charge < -0.3 is 9.88 Å². The fourth-order valence-electron chi connectivity index (χ4n) is 2.58. The number of aryl methyl sites for hydroxylation is 2. The Morgan fingerprint density at radius 1 is 1.43 bits per heavy atom. The Morgan fingerprint density at radius 3 is 2.87 bits per heavy atom. The molecule has 0 saturated heterocycles. The number of fused-ring (bicyclic) bond motifs is 1. The summed E-state index contributed by atoms with van der Waals surface area (Å²) in [5.74, 6) is -0.749. The third-order valence-electron chi connectivity index (χ3n) is 3.86. The number of halogens is 3. The number of alkyl halides is 3. The van der Waals surface area contributed by atoms with Crippen LogP contribution < -0.4 is 5.32 Å². The van der Waals surface area contributed by atoms with E-state index in [1.165, 1.54) is 15.9 Å². The summed E-state index contributed by atoms with van der Waals surface area (Å²) >= 11 is 1.36. The molecule has 0 aliphatic carbocycles. The molecule has 2 aromatic rings. The highest BCUT2D eigenvalue weighted by Crippen LogP contribution is 2.34. The fraction of sp³-hybridized carbons (Fsp3) is 0.500. The van der Waals surface area contributed by atoms with Crippen molar-refractivity contribution in [2.24, 2.45) is 5.92 Å². The Balaban J connectivity index is 1.68. The summed E-state index contributed by atoms with van der Waals surface area (Å²) in [5, 5.41) is 10.5. The number of nitrogens with zero attached hydrogens (tertiary/aromatic N) is 3. The normalized spacial score (nSPS) is 17.8. The second kappa shape index (κ2) is 5.95. The topological polar surface area (TPSA) is 59.8 Å². The minimum atomic E-state index is -4.23. The first kappa shape index (κ1) is 16.0. The van der Waals surface area contributed by atoms with Crippen molar-refractivity contribution < 1.29 is 18.0 Å². The van der Waals surface area contributed by atoms with Crippen LogP contribution in [-0.4, -0.2) is 26.8 Å². The van der Waals surface area contributed by atoms with Crippen molar-refractivity contribution >= 4 is 17.2 Å². The second-order valence-electron chi connectivity index (χ2n) is 5.51. The molecular formula is C14H15F3N4OS. The van der Waals surface area contributed by atoms with E-state index < -0.39 is 12.1 Å². The molecule has 1 aliphatic heterocycles. The summed E-state index contributed by atoms with van der Waals surface area (Å²) in [6, 6.07) is 3.56. The van der Waals surface area contributed by atoms with Crippen molar-refractivity contribution in [2.45, 2.75) is 39.0 Å². The molecule has 1 amide bonds. The van der Waals surface area contributed by atoms with Crippen LogP contribution in [0.4, 0.5) is 13.2 Å². The molecule has 0 aromatic carbocycles. The van der Waals surface area contributed by atoms with Crippen LogP contribution in [0.3, 0.4) is 0 Å². The summed E-state index contributed by atoms with van der Waals surface area (Å²) in [7, 11) is 0. The van der Waals surface area contributed by atoms with Crippen molar-refractivity contribution in [1.29, 1.82) is 0 Å². The lowest BCUT2D eigenvalue weighted by Crippen LogP contribution is -2.33. The van der Waals surface area contributed by atoms with Crippen molar-refractivity contribution in [2.75, 3.05) is 0 Å². The van der Waals surface area contributed by atoms with Gasteiger partial charge in [-0.15, -0.1) is 21.5 Å². The van der Waals surface area contributed by atoms with Crippen LogP contribution in [0.25, 0.3) is 0 Å². The molecule has 1 aliphatic rings. The van der Waals surface area contributed by atoms with Crippen LogP contribution in [0.15, 0.2) is 12.1 Å². The van der Waals surface area contributed by atoms with Gasteiger partial charge in [-0.3, -0.25) is 4.79 Å². The predicted molar refractivity (Wildman–Crippen MR) is 78.1 cm³/mol. The highest BCUT2D eigenvalue weighted by Gasteiger charge is 2.42. The molecule has 0 fully saturated rings. The lowest BCUT2D eigenvalue weighted by Gasteiger charge is -2.26. The predicted octanol–water partition coefficient (Wildman–Crippen LogP) is 2.70. The SMILES string of the molecule is Cc1ccc(C(=O)NCc2nnc3n2CC(C(F)(F)F)CC3)s1. The fourth-order valence-corrected chi connectivity index (χ4v) is 3.37. The Bertz CT molecular complexity index is 722. The zero-order chi connectivity index (χ0) is 16.6. The van der Waals surface area contributed by atoms with Gasteiger partial charge in [0.25, 0.3) is 5.91 Å². The Labute approximate surface area is 134 Å². The molecule has 2 aromatic heterocycles. The number of hydrogen-bond donors (Lipinski definition) is 1. The maximum atomic E-state index is 12.9. The zero-order valence-electron chi connectivity index (χ0n) is 12.4. The van der Waals surface area contributed by atoms with E-state index in [0.29, 0.717) is 16.5 Å². The Kier molecular flexibility index (Phi) is 4.13. The van der Waals surface area contributed by atoms with Crippen LogP contribution >= 0.6 is 11.3 Å². The van der Waals surface area contributed by atoms with E-state index in [-0.39, 0.29) is 31.8 Å². The first-order valence-electron chi connectivity index (χ1n) is 7.17. The van der Waals surface area contributed by atoms with E-state index in [9.17, 15) is 18.0 Å². The Hall–Kier alpha value is -1.90. The minimum Gasteiger partial charge on any atom is -0.344 e. The van der Waals surface area contributed by atoms with Crippen LogP contribution in [-0.2, 0) is 19.5 Å². The van der Waals surface area contributed by atoms with E-state index in [4.69, 9.17) is 0 Å². The van der Waals surface area contributed by atoms with Crippen LogP contribution in [0.2, 0.25) is 0 Å². The second-order valence-corrected chi connectivity index (χ2v) is 6.80. The molecule has 0 radical (unpaired) electrons. The smallest absolute Gasteiger partial charge is 0.344 e. The number of amides is 1. The summed E-state index contributed by atoms with van der Waals surface area (Å²) in [5.41, 5.74) is 0. The maximum absolute atomic E-state index is 12.9. The van der Waals surface area contributed by atoms with Gasteiger partial charge in [0.1, 0.15) is 5.82 Å². The average Bonchev–Trinajstić information content (AvgIpc) is 3.09. The van der Waals surface area contributed by atoms with Crippen molar-refractivity contribution in [3.63, 3.8) is 0 Å². The van der Waals surface area contributed by atoms with Gasteiger partial charge in [-0.25, -0.2) is 0 Å². The largest absolute Gasteiger partial charge is 0.393 e. The number of thiophene rings is 1. The first-order valence-corrected chi connectivity index (χ1v) is 7.98. The molecule has 9 heteroatoms. The molecule has 5 nitrogen and oxygen atoms in total. The molecule has 23 heavy (non-hydrogen) atoms. The number of carbonyl (C=O) groups is 1. The third-order valence-corrected chi connectivity index (χ3v) is 4.86. The molecule has 1 unspecified atom stereocenters. The quantitative estimate of drug-likeness (QED) is 0.931. The molecule has 1 atom stereocenters. The molecule has 124 valence electrons. The summed E-state index contributed by atoms with van der Waals surface area (Å²) in [4.78, 5) is 13.6. The van der Waals surface area contributed by atoms with Crippen LogP contribution in [0, 0.1) is 12.8 Å².